The summed E-state index contributed by atoms with van der Waals surface area (Å²) in [6.07, 6.45) is 7.87. The Morgan fingerprint density at radius 2 is 2.00 bits per heavy atom. The third-order valence-electron chi connectivity index (χ3n) is 1.03. The second kappa shape index (κ2) is 3.00. The molecule has 1 aliphatic carbocycles. The molecule has 0 heterocycles. The van der Waals surface area contributed by atoms with Crippen LogP contribution >= 0.6 is 0 Å². The lowest BCUT2D eigenvalue weighted by Crippen LogP contribution is -2.12. The minimum atomic E-state index is -0.801. The Balaban J connectivity index is 2.40. The highest BCUT2D eigenvalue weighted by molar-refractivity contribution is 5.19. The van der Waals surface area contributed by atoms with E-state index in [9.17, 15) is 10.1 Å². The summed E-state index contributed by atoms with van der Waals surface area (Å²) in [5, 5.41) is 8.97. The van der Waals surface area contributed by atoms with Gasteiger partial charge < -0.3 is 4.84 Å². The van der Waals surface area contributed by atoms with Crippen molar-refractivity contribution in [2.75, 3.05) is 0 Å². The quantitative estimate of drug-likeness (QED) is 0.422. The standard InChI is InChI=1S/C6H6NO3/c8-7(9)10-6-4-2-1-3-5-6/h1-6H. The van der Waals surface area contributed by atoms with Crippen molar-refractivity contribution in [1.82, 2.24) is 0 Å². The monoisotopic (exact) mass is 140 g/mol. The van der Waals surface area contributed by atoms with Gasteiger partial charge in [-0.15, -0.1) is 10.1 Å². The SMILES string of the molecule is O=[N+]([O-])OC1C=C[CH]C=C1. The van der Waals surface area contributed by atoms with Crippen molar-refractivity contribution in [2.45, 2.75) is 6.10 Å². The molecule has 4 heteroatoms. The predicted octanol–water partition coefficient (Wildman–Crippen LogP) is 0.894. The van der Waals surface area contributed by atoms with Crippen molar-refractivity contribution in [1.29, 1.82) is 0 Å². The van der Waals surface area contributed by atoms with E-state index in [0.717, 1.165) is 0 Å². The lowest BCUT2D eigenvalue weighted by molar-refractivity contribution is -0.762. The number of nitrogens with zero attached hydrogens (tertiary/aromatic N) is 1. The van der Waals surface area contributed by atoms with Crippen molar-refractivity contribution in [3.63, 3.8) is 0 Å². The molecule has 1 aliphatic rings. The Bertz CT molecular complexity index is 173. The zero-order chi connectivity index (χ0) is 7.40. The molecule has 0 unspecified atom stereocenters. The molecule has 53 valence electrons. The second-order valence-electron chi connectivity index (χ2n) is 1.76. The highest BCUT2D eigenvalue weighted by Crippen LogP contribution is 2.03. The van der Waals surface area contributed by atoms with Crippen molar-refractivity contribution in [3.8, 4) is 0 Å². The molecule has 0 aromatic rings. The Labute approximate surface area is 57.9 Å². The van der Waals surface area contributed by atoms with Gasteiger partial charge in [-0.25, -0.2) is 0 Å². The largest absolute Gasteiger partial charge is 0.302 e. The first kappa shape index (κ1) is 6.80. The summed E-state index contributed by atoms with van der Waals surface area (Å²) in [6, 6.07) is 0. The van der Waals surface area contributed by atoms with Crippen LogP contribution in [0.15, 0.2) is 24.3 Å². The fourth-order valence-electron chi connectivity index (χ4n) is 0.645. The molecule has 0 saturated heterocycles. The van der Waals surface area contributed by atoms with E-state index in [1.807, 2.05) is 0 Å². The molecule has 0 atom stereocenters. The molecule has 0 fully saturated rings. The molecular weight excluding hydrogens is 134 g/mol. The van der Waals surface area contributed by atoms with Gasteiger partial charge in [0.05, 0.1) is 0 Å². The Hall–Kier alpha value is -1.32. The molecule has 0 bridgehead atoms. The van der Waals surface area contributed by atoms with Crippen molar-refractivity contribution < 1.29 is 9.92 Å². The lowest BCUT2D eigenvalue weighted by Gasteiger charge is -2.06. The molecule has 0 N–H and O–H groups in total. The van der Waals surface area contributed by atoms with Gasteiger partial charge in [0.1, 0.15) is 6.10 Å². The van der Waals surface area contributed by atoms with Crippen LogP contribution in [-0.2, 0) is 4.84 Å². The zero-order valence-corrected chi connectivity index (χ0v) is 5.14. The normalized spacial score (nSPS) is 17.2. The van der Waals surface area contributed by atoms with Crippen LogP contribution < -0.4 is 0 Å². The zero-order valence-electron chi connectivity index (χ0n) is 5.14. The number of hydrogen-bond acceptors (Lipinski definition) is 3. The van der Waals surface area contributed by atoms with E-state index in [1.54, 1.807) is 30.7 Å². The van der Waals surface area contributed by atoms with Gasteiger partial charge in [-0.05, 0) is 0 Å². The number of allylic oxidation sites excluding steroid dienone is 2. The highest BCUT2D eigenvalue weighted by Gasteiger charge is 2.06. The van der Waals surface area contributed by atoms with Gasteiger partial charge in [0, 0.05) is 6.42 Å². The average Bonchev–Trinajstić information content (AvgIpc) is 1.88. The van der Waals surface area contributed by atoms with Crippen LogP contribution in [0.5, 0.6) is 0 Å². The van der Waals surface area contributed by atoms with Crippen molar-refractivity contribution in [2.24, 2.45) is 0 Å². The summed E-state index contributed by atoms with van der Waals surface area (Å²) in [7, 11) is 0. The third kappa shape index (κ3) is 1.89. The minimum absolute atomic E-state index is 0.514. The van der Waals surface area contributed by atoms with Crippen molar-refractivity contribution in [3.05, 3.63) is 40.8 Å². The summed E-state index contributed by atoms with van der Waals surface area (Å²) in [5.41, 5.74) is 0. The van der Waals surface area contributed by atoms with Crippen LogP contribution in [0.3, 0.4) is 0 Å². The fourth-order valence-corrected chi connectivity index (χ4v) is 0.645. The van der Waals surface area contributed by atoms with Crippen LogP contribution in [0.25, 0.3) is 0 Å². The average molecular weight is 140 g/mol. The van der Waals surface area contributed by atoms with Crippen molar-refractivity contribution >= 4 is 0 Å². The molecule has 0 aromatic heterocycles. The summed E-state index contributed by atoms with van der Waals surface area (Å²) in [4.78, 5) is 14.0. The second-order valence-corrected chi connectivity index (χ2v) is 1.76. The maximum absolute atomic E-state index is 9.77. The van der Waals surface area contributed by atoms with Gasteiger partial charge >= 0.3 is 0 Å². The lowest BCUT2D eigenvalue weighted by atomic mass is 10.2. The molecule has 0 aromatic carbocycles. The summed E-state index contributed by atoms with van der Waals surface area (Å²) < 4.78 is 0. The molecule has 0 spiro atoms. The van der Waals surface area contributed by atoms with Crippen LogP contribution in [-0.4, -0.2) is 11.2 Å². The molecule has 0 amide bonds. The van der Waals surface area contributed by atoms with Gasteiger partial charge in [-0.1, -0.05) is 24.3 Å². The molecule has 10 heavy (non-hydrogen) atoms. The van der Waals surface area contributed by atoms with E-state index in [-0.39, 0.29) is 0 Å². The Morgan fingerprint density at radius 1 is 1.40 bits per heavy atom. The number of hydrogen-bond donors (Lipinski definition) is 0. The smallest absolute Gasteiger partial charge is 0.295 e. The van der Waals surface area contributed by atoms with Crippen LogP contribution in [0.1, 0.15) is 0 Å². The fraction of sp³-hybridized carbons (Fsp3) is 0.167. The van der Waals surface area contributed by atoms with E-state index < -0.39 is 11.2 Å². The summed E-state index contributed by atoms with van der Waals surface area (Å²) >= 11 is 0. The first-order valence-electron chi connectivity index (χ1n) is 2.78. The molecule has 1 radical (unpaired) electrons. The Morgan fingerprint density at radius 3 is 2.50 bits per heavy atom. The maximum Gasteiger partial charge on any atom is 0.295 e. The van der Waals surface area contributed by atoms with Crippen LogP contribution in [0.4, 0.5) is 0 Å². The maximum atomic E-state index is 9.77. The van der Waals surface area contributed by atoms with Gasteiger partial charge in [0.2, 0.25) is 0 Å². The molecule has 4 nitrogen and oxygen atoms in total. The number of rotatable bonds is 2. The third-order valence-corrected chi connectivity index (χ3v) is 1.03. The van der Waals surface area contributed by atoms with E-state index in [4.69, 9.17) is 0 Å². The molecule has 0 saturated carbocycles. The van der Waals surface area contributed by atoms with Gasteiger partial charge in [-0.2, -0.15) is 0 Å². The first-order valence-corrected chi connectivity index (χ1v) is 2.78. The van der Waals surface area contributed by atoms with E-state index in [0.29, 0.717) is 0 Å². The van der Waals surface area contributed by atoms with Crippen LogP contribution in [0.2, 0.25) is 0 Å². The highest BCUT2D eigenvalue weighted by atomic mass is 17.0. The Kier molecular flexibility index (Phi) is 2.04. The first-order chi connectivity index (χ1) is 4.79. The van der Waals surface area contributed by atoms with Gasteiger partial charge in [0.25, 0.3) is 5.09 Å². The van der Waals surface area contributed by atoms with Gasteiger partial charge in [-0.3, -0.25) is 0 Å². The topological polar surface area (TPSA) is 52.4 Å². The van der Waals surface area contributed by atoms with E-state index >= 15 is 0 Å². The van der Waals surface area contributed by atoms with E-state index in [2.05, 4.69) is 4.84 Å². The van der Waals surface area contributed by atoms with Crippen LogP contribution in [0, 0.1) is 16.5 Å². The molecular formula is C6H6NO3. The summed E-state index contributed by atoms with van der Waals surface area (Å²) in [6.45, 7) is 0. The molecule has 0 aliphatic heterocycles. The predicted molar refractivity (Wildman–Crippen MR) is 34.4 cm³/mol. The summed E-state index contributed by atoms with van der Waals surface area (Å²) in [5.74, 6) is 0. The van der Waals surface area contributed by atoms with Gasteiger partial charge in [0.15, 0.2) is 0 Å². The molecule has 1 rings (SSSR count). The van der Waals surface area contributed by atoms with E-state index in [1.165, 1.54) is 0 Å². The minimum Gasteiger partial charge on any atom is -0.302 e.